The number of hydrogen-bond donors (Lipinski definition) is 1. The van der Waals surface area contributed by atoms with Gasteiger partial charge in [-0.1, -0.05) is 6.92 Å². The Balaban J connectivity index is 1.87. The topological polar surface area (TPSA) is 40.5 Å². The maximum atomic E-state index is 11.6. The summed E-state index contributed by atoms with van der Waals surface area (Å²) in [4.78, 5) is 0. The molecule has 0 aliphatic heterocycles. The maximum Gasteiger partial charge on any atom is 0.235 e. The summed E-state index contributed by atoms with van der Waals surface area (Å²) in [7, 11) is 0. The Kier molecular flexibility index (Phi) is 3.08. The second-order valence-electron chi connectivity index (χ2n) is 6.47. The van der Waals surface area contributed by atoms with Crippen LogP contribution in [0.15, 0.2) is 0 Å². The van der Waals surface area contributed by atoms with E-state index in [1.165, 1.54) is 38.5 Å². The van der Waals surface area contributed by atoms with Gasteiger partial charge in [0, 0.05) is 12.1 Å². The zero-order valence-electron chi connectivity index (χ0n) is 10.6. The predicted octanol–water partition coefficient (Wildman–Crippen LogP) is 2.80. The molecule has 17 heavy (non-hydrogen) atoms. The number of rotatable bonds is 4. The first-order chi connectivity index (χ1) is 8.13. The van der Waals surface area contributed by atoms with E-state index in [0.29, 0.717) is 0 Å². The second kappa shape index (κ2) is 4.32. The molecule has 4 rings (SSSR count). The summed E-state index contributed by atoms with van der Waals surface area (Å²) < 4.78 is 23.2. The summed E-state index contributed by atoms with van der Waals surface area (Å²) in [5.74, 6) is 2.51. The van der Waals surface area contributed by atoms with Crippen LogP contribution in [0.5, 0.6) is 0 Å². The van der Waals surface area contributed by atoms with E-state index in [4.69, 9.17) is 0 Å². The summed E-state index contributed by atoms with van der Waals surface area (Å²) in [5, 5.41) is 0. The van der Waals surface area contributed by atoms with Crippen molar-refractivity contribution in [2.24, 2.45) is 17.8 Å². The van der Waals surface area contributed by atoms with E-state index in [9.17, 15) is 8.76 Å². The monoisotopic (exact) mass is 257 g/mol. The molecule has 0 heterocycles. The van der Waals surface area contributed by atoms with Gasteiger partial charge < -0.3 is 0 Å². The Morgan fingerprint density at radius 1 is 1.18 bits per heavy atom. The lowest BCUT2D eigenvalue weighted by Gasteiger charge is -2.59. The molecule has 0 amide bonds. The summed E-state index contributed by atoms with van der Waals surface area (Å²) in [6.45, 7) is 2.87. The average molecular weight is 257 g/mol. The van der Waals surface area contributed by atoms with Crippen LogP contribution in [-0.4, -0.2) is 25.2 Å². The van der Waals surface area contributed by atoms with Crippen molar-refractivity contribution >= 4 is 11.3 Å². The minimum absolute atomic E-state index is 0.0738. The van der Waals surface area contributed by atoms with Crippen LogP contribution in [0.2, 0.25) is 0 Å². The van der Waals surface area contributed by atoms with Crippen molar-refractivity contribution in [3.05, 3.63) is 0 Å². The molecule has 0 spiro atoms. The molecule has 1 unspecified atom stereocenters. The van der Waals surface area contributed by atoms with Crippen molar-refractivity contribution in [2.45, 2.75) is 57.4 Å². The lowest BCUT2D eigenvalue weighted by atomic mass is 9.53. The van der Waals surface area contributed by atoms with Gasteiger partial charge in [-0.25, -0.2) is 4.21 Å². The summed E-state index contributed by atoms with van der Waals surface area (Å²) >= 11 is -1.78. The van der Waals surface area contributed by atoms with E-state index in [2.05, 4.69) is 6.92 Å². The zero-order chi connectivity index (χ0) is 12.0. The first-order valence-electron chi connectivity index (χ1n) is 7.01. The molecule has 4 fully saturated rings. The van der Waals surface area contributed by atoms with Crippen LogP contribution in [0, 0.1) is 17.8 Å². The number of nitrogens with zero attached hydrogens (tertiary/aromatic N) is 1. The Morgan fingerprint density at radius 3 is 2.00 bits per heavy atom. The van der Waals surface area contributed by atoms with Gasteiger partial charge >= 0.3 is 0 Å². The van der Waals surface area contributed by atoms with Gasteiger partial charge in [0.25, 0.3) is 0 Å². The molecule has 4 heteroatoms. The zero-order valence-corrected chi connectivity index (χ0v) is 11.4. The highest BCUT2D eigenvalue weighted by atomic mass is 32.2. The van der Waals surface area contributed by atoms with Crippen LogP contribution in [0.25, 0.3) is 0 Å². The first-order valence-corrected chi connectivity index (χ1v) is 8.08. The highest BCUT2D eigenvalue weighted by Gasteiger charge is 2.54. The minimum atomic E-state index is -1.78. The molecule has 98 valence electrons. The van der Waals surface area contributed by atoms with Gasteiger partial charge in [0.2, 0.25) is 11.3 Å². The average Bonchev–Trinajstić information content (AvgIpc) is 2.23. The van der Waals surface area contributed by atoms with Gasteiger partial charge in [-0.05, 0) is 62.7 Å². The normalized spacial score (nSPS) is 45.5. The van der Waals surface area contributed by atoms with Crippen molar-refractivity contribution < 1.29 is 8.76 Å². The van der Waals surface area contributed by atoms with Gasteiger partial charge in [0.05, 0.1) is 0 Å². The van der Waals surface area contributed by atoms with Gasteiger partial charge in [-0.2, -0.15) is 4.31 Å². The highest BCUT2D eigenvalue weighted by Crippen LogP contribution is 2.57. The van der Waals surface area contributed by atoms with Gasteiger partial charge in [0.15, 0.2) is 0 Å². The number of hydrogen-bond acceptors (Lipinski definition) is 1. The van der Waals surface area contributed by atoms with E-state index < -0.39 is 11.3 Å². The lowest BCUT2D eigenvalue weighted by Crippen LogP contribution is -2.60. The van der Waals surface area contributed by atoms with Crippen molar-refractivity contribution in [2.75, 3.05) is 6.54 Å². The van der Waals surface area contributed by atoms with Crippen LogP contribution in [0.1, 0.15) is 51.9 Å². The highest BCUT2D eigenvalue weighted by molar-refractivity contribution is 7.76. The quantitative estimate of drug-likeness (QED) is 0.787. The maximum absolute atomic E-state index is 11.6. The fraction of sp³-hybridized carbons (Fsp3) is 1.00. The molecule has 4 aliphatic rings. The van der Waals surface area contributed by atoms with Crippen LogP contribution in [0.3, 0.4) is 0 Å². The molecular weight excluding hydrogens is 234 g/mol. The van der Waals surface area contributed by atoms with Crippen molar-refractivity contribution in [1.29, 1.82) is 0 Å². The fourth-order valence-electron chi connectivity index (χ4n) is 5.05. The SMILES string of the molecule is CCCN(S(=O)O)C12CC3CC(CC(C3)C1)C2. The van der Waals surface area contributed by atoms with Crippen LogP contribution >= 0.6 is 0 Å². The standard InChI is InChI=1S/C13H23NO2S/c1-2-3-14(17(15)16)13-7-10-4-11(8-13)6-12(5-10)9-13/h10-12H,2-9H2,1H3,(H,15,16). The molecule has 3 nitrogen and oxygen atoms in total. The van der Waals surface area contributed by atoms with E-state index in [1.54, 1.807) is 0 Å². The third-order valence-electron chi connectivity index (χ3n) is 5.15. The minimum Gasteiger partial charge on any atom is -0.294 e. The van der Waals surface area contributed by atoms with E-state index >= 15 is 0 Å². The largest absolute Gasteiger partial charge is 0.294 e. The third kappa shape index (κ3) is 1.98. The van der Waals surface area contributed by atoms with Crippen LogP contribution < -0.4 is 0 Å². The molecule has 1 atom stereocenters. The van der Waals surface area contributed by atoms with E-state index in [0.717, 1.165) is 30.7 Å². The molecule has 4 saturated carbocycles. The molecule has 0 saturated heterocycles. The van der Waals surface area contributed by atoms with Crippen LogP contribution in [0.4, 0.5) is 0 Å². The Hall–Kier alpha value is 0.0700. The third-order valence-corrected chi connectivity index (χ3v) is 6.10. The van der Waals surface area contributed by atoms with Crippen molar-refractivity contribution in [1.82, 2.24) is 4.31 Å². The van der Waals surface area contributed by atoms with E-state index in [1.807, 2.05) is 4.31 Å². The van der Waals surface area contributed by atoms with E-state index in [-0.39, 0.29) is 5.54 Å². The Morgan fingerprint density at radius 2 is 1.65 bits per heavy atom. The molecule has 0 radical (unpaired) electrons. The molecule has 0 aromatic heterocycles. The van der Waals surface area contributed by atoms with Gasteiger partial charge in [0.1, 0.15) is 0 Å². The Bertz CT molecular complexity index is 296. The van der Waals surface area contributed by atoms with Crippen LogP contribution in [-0.2, 0) is 11.3 Å². The predicted molar refractivity (Wildman–Crippen MR) is 68.7 cm³/mol. The van der Waals surface area contributed by atoms with Crippen molar-refractivity contribution in [3.63, 3.8) is 0 Å². The molecule has 1 N–H and O–H groups in total. The molecule has 4 bridgehead atoms. The molecule has 0 aromatic rings. The first kappa shape index (κ1) is 12.1. The Labute approximate surface area is 106 Å². The fourth-order valence-corrected chi connectivity index (χ4v) is 5.95. The summed E-state index contributed by atoms with van der Waals surface area (Å²) in [6, 6.07) is 0. The summed E-state index contributed by atoms with van der Waals surface area (Å²) in [5.41, 5.74) is 0.0738. The van der Waals surface area contributed by atoms with Gasteiger partial charge in [-0.15, -0.1) is 0 Å². The lowest BCUT2D eigenvalue weighted by molar-refractivity contribution is -0.0568. The summed E-state index contributed by atoms with van der Waals surface area (Å²) in [6.07, 6.45) is 8.64. The second-order valence-corrected chi connectivity index (χ2v) is 7.38. The molecular formula is C13H23NO2S. The smallest absolute Gasteiger partial charge is 0.235 e. The molecule has 0 aromatic carbocycles. The molecule has 4 aliphatic carbocycles. The van der Waals surface area contributed by atoms with Crippen molar-refractivity contribution in [3.8, 4) is 0 Å². The van der Waals surface area contributed by atoms with Gasteiger partial charge in [-0.3, -0.25) is 4.55 Å².